The van der Waals surface area contributed by atoms with Gasteiger partial charge in [-0.2, -0.15) is 5.10 Å². The molecular formula is C31H39FN6O. The Morgan fingerprint density at radius 1 is 1.10 bits per heavy atom. The summed E-state index contributed by atoms with van der Waals surface area (Å²) < 4.78 is 16.4. The van der Waals surface area contributed by atoms with Crippen LogP contribution in [0.25, 0.3) is 33.5 Å². The van der Waals surface area contributed by atoms with E-state index in [0.29, 0.717) is 12.5 Å². The molecule has 7 nitrogen and oxygen atoms in total. The van der Waals surface area contributed by atoms with Crippen LogP contribution in [0.5, 0.6) is 5.75 Å². The molecule has 2 aromatic carbocycles. The van der Waals surface area contributed by atoms with Gasteiger partial charge in [0.25, 0.3) is 0 Å². The van der Waals surface area contributed by atoms with Gasteiger partial charge in [-0.05, 0) is 101 Å². The molecule has 1 fully saturated rings. The lowest BCUT2D eigenvalue weighted by Crippen LogP contribution is -2.45. The van der Waals surface area contributed by atoms with Gasteiger partial charge in [0.05, 0.1) is 22.4 Å². The van der Waals surface area contributed by atoms with Gasteiger partial charge in [-0.25, -0.2) is 9.37 Å². The lowest BCUT2D eigenvalue weighted by atomic mass is 9.96. The summed E-state index contributed by atoms with van der Waals surface area (Å²) in [6, 6.07) is 9.79. The number of phenols is 1. The first-order chi connectivity index (χ1) is 18.6. The number of aromatic hydroxyl groups is 1. The molecule has 206 valence electrons. The maximum absolute atomic E-state index is 14.4. The van der Waals surface area contributed by atoms with Crippen LogP contribution in [0.4, 0.5) is 4.39 Å². The Morgan fingerprint density at radius 2 is 1.87 bits per heavy atom. The number of aromatic nitrogens is 4. The van der Waals surface area contributed by atoms with Gasteiger partial charge >= 0.3 is 0 Å². The zero-order valence-corrected chi connectivity index (χ0v) is 23.7. The second kappa shape index (κ2) is 9.75. The summed E-state index contributed by atoms with van der Waals surface area (Å²) >= 11 is 0. The van der Waals surface area contributed by atoms with Gasteiger partial charge in [0.2, 0.25) is 0 Å². The molecule has 6 rings (SSSR count). The van der Waals surface area contributed by atoms with E-state index in [1.165, 1.54) is 30.7 Å². The largest absolute Gasteiger partial charge is 0.505 e. The van der Waals surface area contributed by atoms with Gasteiger partial charge in [-0.3, -0.25) is 9.58 Å². The zero-order chi connectivity index (χ0) is 27.5. The molecule has 0 bridgehead atoms. The molecule has 0 spiro atoms. The minimum atomic E-state index is -0.609. The molecule has 0 aliphatic carbocycles. The molecule has 39 heavy (non-hydrogen) atoms. The molecule has 4 heterocycles. The molecule has 0 amide bonds. The number of benzene rings is 2. The average molecular weight is 531 g/mol. The number of H-pyrrole nitrogens is 1. The molecular weight excluding hydrogens is 491 g/mol. The van der Waals surface area contributed by atoms with Crippen molar-refractivity contribution in [2.45, 2.75) is 71.5 Å². The van der Waals surface area contributed by atoms with Crippen LogP contribution in [0.3, 0.4) is 0 Å². The third-order valence-electron chi connectivity index (χ3n) is 8.47. The highest BCUT2D eigenvalue weighted by Gasteiger charge is 2.30. The van der Waals surface area contributed by atoms with Crippen molar-refractivity contribution in [1.29, 1.82) is 0 Å². The fourth-order valence-corrected chi connectivity index (χ4v) is 6.23. The average Bonchev–Trinajstić information content (AvgIpc) is 3.51. The molecule has 0 saturated carbocycles. The summed E-state index contributed by atoms with van der Waals surface area (Å²) in [5.41, 5.74) is 6.52. The van der Waals surface area contributed by atoms with E-state index in [0.717, 1.165) is 77.4 Å². The summed E-state index contributed by atoms with van der Waals surface area (Å²) in [7, 11) is 2.21. The summed E-state index contributed by atoms with van der Waals surface area (Å²) in [6.45, 7) is 12.7. The fraction of sp³-hybridized carbons (Fsp3) is 0.484. The van der Waals surface area contributed by atoms with Crippen molar-refractivity contribution >= 4 is 10.9 Å². The van der Waals surface area contributed by atoms with E-state index in [1.54, 1.807) is 0 Å². The molecule has 2 aliphatic rings. The molecule has 2 aliphatic heterocycles. The number of phenolic OH excluding ortho intramolecular Hbond substituents is 1. The number of nitrogens with one attached hydrogen (secondary N) is 1. The lowest BCUT2D eigenvalue weighted by Gasteiger charge is -2.38. The van der Waals surface area contributed by atoms with E-state index in [1.807, 2.05) is 13.0 Å². The highest BCUT2D eigenvalue weighted by atomic mass is 19.1. The van der Waals surface area contributed by atoms with Crippen molar-refractivity contribution in [2.75, 3.05) is 26.7 Å². The quantitative estimate of drug-likeness (QED) is 0.354. The van der Waals surface area contributed by atoms with Crippen LogP contribution in [-0.2, 0) is 24.9 Å². The first kappa shape index (κ1) is 26.0. The predicted octanol–water partition coefficient (Wildman–Crippen LogP) is 5.71. The smallest absolute Gasteiger partial charge is 0.165 e. The molecule has 1 saturated heterocycles. The summed E-state index contributed by atoms with van der Waals surface area (Å²) in [6.07, 6.45) is 4.09. The van der Waals surface area contributed by atoms with Gasteiger partial charge in [0.1, 0.15) is 5.69 Å². The predicted molar refractivity (Wildman–Crippen MR) is 153 cm³/mol. The van der Waals surface area contributed by atoms with Crippen molar-refractivity contribution in [3.05, 3.63) is 53.1 Å². The van der Waals surface area contributed by atoms with Crippen molar-refractivity contribution in [1.82, 2.24) is 29.5 Å². The monoisotopic (exact) mass is 530 g/mol. The normalized spacial score (nSPS) is 17.7. The Balaban J connectivity index is 1.39. The van der Waals surface area contributed by atoms with Crippen LogP contribution in [0.2, 0.25) is 0 Å². The second-order valence-electron chi connectivity index (χ2n) is 12.2. The Bertz CT molecular complexity index is 1520. The zero-order valence-electron chi connectivity index (χ0n) is 23.7. The number of halogens is 1. The van der Waals surface area contributed by atoms with Crippen molar-refractivity contribution in [3.63, 3.8) is 0 Å². The molecule has 0 atom stereocenters. The number of likely N-dealkylation sites (tertiary alicyclic amines) is 1. The molecule has 8 heteroatoms. The second-order valence-corrected chi connectivity index (χ2v) is 12.2. The summed E-state index contributed by atoms with van der Waals surface area (Å²) in [5.74, 6) is -0.103. The Kier molecular flexibility index (Phi) is 6.50. The van der Waals surface area contributed by atoms with E-state index in [9.17, 15) is 9.50 Å². The van der Waals surface area contributed by atoms with E-state index in [-0.39, 0.29) is 11.3 Å². The number of rotatable bonds is 4. The van der Waals surface area contributed by atoms with Gasteiger partial charge < -0.3 is 15.0 Å². The summed E-state index contributed by atoms with van der Waals surface area (Å²) in [4.78, 5) is 13.7. The van der Waals surface area contributed by atoms with Crippen LogP contribution in [-0.4, -0.2) is 67.4 Å². The minimum absolute atomic E-state index is 0.264. The van der Waals surface area contributed by atoms with E-state index in [4.69, 9.17) is 10.1 Å². The van der Waals surface area contributed by atoms with E-state index < -0.39 is 5.82 Å². The maximum atomic E-state index is 14.4. The number of aromatic amines is 1. The van der Waals surface area contributed by atoms with Crippen LogP contribution >= 0.6 is 0 Å². The maximum Gasteiger partial charge on any atom is 0.165 e. The number of imidazole rings is 1. The van der Waals surface area contributed by atoms with Crippen molar-refractivity contribution in [3.8, 4) is 28.4 Å². The molecule has 4 aromatic rings. The molecule has 0 unspecified atom stereocenters. The first-order valence-electron chi connectivity index (χ1n) is 14.2. The van der Waals surface area contributed by atoms with Gasteiger partial charge in [0.15, 0.2) is 17.4 Å². The van der Waals surface area contributed by atoms with Crippen LogP contribution in [0.15, 0.2) is 30.3 Å². The highest BCUT2D eigenvalue weighted by Crippen LogP contribution is 2.37. The molecule has 0 radical (unpaired) electrons. The first-order valence-corrected chi connectivity index (χ1v) is 14.2. The van der Waals surface area contributed by atoms with E-state index in [2.05, 4.69) is 59.4 Å². The fourth-order valence-electron chi connectivity index (χ4n) is 6.23. The van der Waals surface area contributed by atoms with Crippen molar-refractivity contribution in [2.24, 2.45) is 0 Å². The lowest BCUT2D eigenvalue weighted by molar-refractivity contribution is 0.108. The number of aryl methyl sites for hydroxylation is 1. The van der Waals surface area contributed by atoms with Crippen LogP contribution in [0, 0.1) is 5.82 Å². The van der Waals surface area contributed by atoms with Crippen LogP contribution < -0.4 is 0 Å². The number of hydrogen-bond acceptors (Lipinski definition) is 5. The minimum Gasteiger partial charge on any atom is -0.505 e. The summed E-state index contributed by atoms with van der Waals surface area (Å²) in [5, 5.41) is 16.0. The van der Waals surface area contributed by atoms with Crippen LogP contribution in [0.1, 0.15) is 57.5 Å². The Morgan fingerprint density at radius 3 is 2.59 bits per heavy atom. The number of nitrogens with zero attached hydrogens (tertiary/aromatic N) is 5. The molecule has 2 aromatic heterocycles. The topological polar surface area (TPSA) is 73.2 Å². The standard InChI is InChI=1S/C31H39FN6O/c1-6-19-16-28(39)24(32)17-23(19)20-7-8-22-27(15-20)38(31(2,3)4)35-29(22)30-33-25-11-14-37(18-26(25)34-30)21-9-12-36(5)13-10-21/h7-8,15-17,21,39H,6,9-14,18H2,1-5H3,(H,33,34). The number of fused-ring (bicyclic) bond motifs is 2. The third-order valence-corrected chi connectivity index (χ3v) is 8.47. The Labute approximate surface area is 229 Å². The SMILES string of the molecule is CCc1cc(O)c(F)cc1-c1ccc2c(-c3nc4c([nH]3)CN(C3CCN(C)CC3)CC4)nn(C(C)(C)C)c2c1. The number of piperidine rings is 1. The number of hydrogen-bond donors (Lipinski definition) is 2. The molecule has 2 N–H and O–H groups in total. The van der Waals surface area contributed by atoms with Gasteiger partial charge in [0, 0.05) is 30.9 Å². The Hall–Kier alpha value is -3.23. The van der Waals surface area contributed by atoms with Gasteiger partial charge in [-0.1, -0.05) is 13.0 Å². The van der Waals surface area contributed by atoms with Gasteiger partial charge in [-0.15, -0.1) is 0 Å². The van der Waals surface area contributed by atoms with E-state index >= 15 is 0 Å². The third kappa shape index (κ3) is 4.74. The highest BCUT2D eigenvalue weighted by molar-refractivity contribution is 5.95. The van der Waals surface area contributed by atoms with Crippen molar-refractivity contribution < 1.29 is 9.50 Å².